The van der Waals surface area contributed by atoms with Crippen LogP contribution in [-0.4, -0.2) is 61.8 Å². The van der Waals surface area contributed by atoms with E-state index in [-0.39, 0.29) is 11.9 Å². The highest BCUT2D eigenvalue weighted by Gasteiger charge is 2.27. The molecule has 2 rings (SSSR count). The third kappa shape index (κ3) is 9.83. The van der Waals surface area contributed by atoms with Gasteiger partial charge in [-0.2, -0.15) is 0 Å². The summed E-state index contributed by atoms with van der Waals surface area (Å²) < 4.78 is 24.4. The maximum Gasteiger partial charge on any atom is 0.415 e. The number of carbonyl (C=O) groups excluding carboxylic acids is 1. The van der Waals surface area contributed by atoms with Gasteiger partial charge < -0.3 is 19.3 Å². The molecule has 0 unspecified atom stereocenters. The van der Waals surface area contributed by atoms with E-state index in [1.165, 1.54) is 49.9 Å². The van der Waals surface area contributed by atoms with Gasteiger partial charge in [0.25, 0.3) is 0 Å². The Morgan fingerprint density at radius 3 is 2.39 bits per heavy atom. The first-order valence-electron chi connectivity index (χ1n) is 11.6. The lowest BCUT2D eigenvalue weighted by atomic mass is 9.92. The topological polar surface area (TPSA) is 42.0 Å². The van der Waals surface area contributed by atoms with Crippen molar-refractivity contribution in [2.75, 3.05) is 33.8 Å². The Kier molecular flexibility index (Phi) is 11.6. The Morgan fingerprint density at radius 2 is 1.71 bits per heavy atom. The van der Waals surface area contributed by atoms with E-state index in [1.54, 1.807) is 11.9 Å². The van der Waals surface area contributed by atoms with Gasteiger partial charge in [-0.25, -0.2) is 9.18 Å². The van der Waals surface area contributed by atoms with Gasteiger partial charge in [-0.3, -0.25) is 0 Å². The van der Waals surface area contributed by atoms with Gasteiger partial charge in [0.15, 0.2) is 0 Å². The number of halogens is 1. The lowest BCUT2D eigenvalue weighted by molar-refractivity contribution is 0.0104. The summed E-state index contributed by atoms with van der Waals surface area (Å²) in [5.74, 6) is 0.0117. The summed E-state index contributed by atoms with van der Waals surface area (Å²) in [4.78, 5) is 16.3. The summed E-state index contributed by atoms with van der Waals surface area (Å²) in [6, 6.07) is 5.66. The van der Waals surface area contributed by atoms with Crippen molar-refractivity contribution < 1.29 is 18.7 Å². The second-order valence-corrected chi connectivity index (χ2v) is 8.55. The fourth-order valence-electron chi connectivity index (χ4n) is 4.00. The van der Waals surface area contributed by atoms with Crippen molar-refractivity contribution in [1.29, 1.82) is 0 Å². The van der Waals surface area contributed by atoms with Crippen molar-refractivity contribution in [1.82, 2.24) is 9.80 Å². The van der Waals surface area contributed by atoms with Gasteiger partial charge in [-0.15, -0.1) is 6.58 Å². The zero-order valence-corrected chi connectivity index (χ0v) is 19.2. The number of nitrogens with zero attached hydrogens (tertiary/aromatic N) is 2. The van der Waals surface area contributed by atoms with Crippen LogP contribution in [0.15, 0.2) is 36.9 Å². The number of ether oxygens (including phenoxy) is 2. The van der Waals surface area contributed by atoms with Crippen LogP contribution in [0.5, 0.6) is 5.75 Å². The first kappa shape index (κ1) is 25.3. The number of amides is 1. The lowest BCUT2D eigenvalue weighted by Gasteiger charge is -2.34. The van der Waals surface area contributed by atoms with Crippen molar-refractivity contribution in [3.63, 3.8) is 0 Å². The maximum atomic E-state index is 13.0. The Hall–Kier alpha value is -1.92. The van der Waals surface area contributed by atoms with Crippen LogP contribution < -0.4 is 4.74 Å². The lowest BCUT2D eigenvalue weighted by Crippen LogP contribution is -2.42. The minimum Gasteiger partial charge on any atom is -0.410 e. The molecule has 5 nitrogen and oxygen atoms in total. The third-order valence-corrected chi connectivity index (χ3v) is 5.98. The molecule has 1 aliphatic rings. The van der Waals surface area contributed by atoms with Crippen molar-refractivity contribution in [2.45, 2.75) is 69.9 Å². The largest absolute Gasteiger partial charge is 0.415 e. The van der Waals surface area contributed by atoms with Crippen molar-refractivity contribution in [2.24, 2.45) is 0 Å². The highest BCUT2D eigenvalue weighted by Crippen LogP contribution is 2.25. The molecule has 0 aliphatic heterocycles. The highest BCUT2D eigenvalue weighted by atomic mass is 19.1. The Bertz CT molecular complexity index is 645. The minimum atomic E-state index is -0.397. The Labute approximate surface area is 187 Å². The molecule has 0 radical (unpaired) electrons. The molecule has 0 heterocycles. The SMILES string of the molecule is C=CCN(C)CCCCCCCOC1CCC(N(C)C(=O)Oc2ccc(F)cc2)CC1. The van der Waals surface area contributed by atoms with E-state index in [1.807, 2.05) is 6.08 Å². The van der Waals surface area contributed by atoms with Gasteiger partial charge in [0.2, 0.25) is 0 Å². The first-order chi connectivity index (χ1) is 15.0. The molecule has 0 aromatic heterocycles. The second kappa shape index (κ2) is 14.2. The summed E-state index contributed by atoms with van der Waals surface area (Å²) in [5, 5.41) is 0. The first-order valence-corrected chi connectivity index (χ1v) is 11.6. The molecule has 0 saturated heterocycles. The highest BCUT2D eigenvalue weighted by molar-refractivity contribution is 5.70. The van der Waals surface area contributed by atoms with E-state index in [2.05, 4.69) is 18.5 Å². The molecule has 1 fully saturated rings. The van der Waals surface area contributed by atoms with E-state index in [0.717, 1.165) is 51.8 Å². The number of rotatable bonds is 13. The van der Waals surface area contributed by atoms with Gasteiger partial charge in [0.1, 0.15) is 11.6 Å². The smallest absolute Gasteiger partial charge is 0.410 e. The monoisotopic (exact) mass is 434 g/mol. The van der Waals surface area contributed by atoms with Crippen LogP contribution in [0, 0.1) is 5.82 Å². The number of likely N-dealkylation sites (N-methyl/N-ethyl adjacent to an activating group) is 1. The molecule has 1 aliphatic carbocycles. The molecule has 174 valence electrons. The van der Waals surface area contributed by atoms with E-state index in [4.69, 9.17) is 9.47 Å². The van der Waals surface area contributed by atoms with Gasteiger partial charge in [0, 0.05) is 26.2 Å². The van der Waals surface area contributed by atoms with Crippen molar-refractivity contribution in [3.05, 3.63) is 42.7 Å². The predicted molar refractivity (Wildman–Crippen MR) is 123 cm³/mol. The average Bonchev–Trinajstić information content (AvgIpc) is 2.77. The number of carbonyl (C=O) groups is 1. The number of hydrogen-bond acceptors (Lipinski definition) is 4. The van der Waals surface area contributed by atoms with Crippen LogP contribution in [0.1, 0.15) is 57.8 Å². The van der Waals surface area contributed by atoms with Crippen LogP contribution in [0.25, 0.3) is 0 Å². The standard InChI is InChI=1S/C25H39FN2O3/c1-4-18-27(2)19-8-6-5-7-9-20-30-23-16-12-22(13-17-23)28(3)25(29)31-24-14-10-21(26)11-15-24/h4,10-11,14-15,22-23H,1,5-9,12-13,16-20H2,2-3H3. The molecule has 0 N–H and O–H groups in total. The van der Waals surface area contributed by atoms with E-state index >= 15 is 0 Å². The third-order valence-electron chi connectivity index (χ3n) is 5.98. The van der Waals surface area contributed by atoms with Gasteiger partial charge in [-0.05, 0) is 76.4 Å². The summed E-state index contributed by atoms with van der Waals surface area (Å²) >= 11 is 0. The number of hydrogen-bond donors (Lipinski definition) is 0. The molecular formula is C25H39FN2O3. The summed E-state index contributed by atoms with van der Waals surface area (Å²) in [7, 11) is 3.91. The zero-order chi connectivity index (χ0) is 22.5. The Balaban J connectivity index is 1.52. The molecule has 31 heavy (non-hydrogen) atoms. The van der Waals surface area contributed by atoms with Crippen LogP contribution in [0.3, 0.4) is 0 Å². The van der Waals surface area contributed by atoms with Crippen LogP contribution >= 0.6 is 0 Å². The van der Waals surface area contributed by atoms with Gasteiger partial charge in [0.05, 0.1) is 6.10 Å². The molecule has 1 saturated carbocycles. The van der Waals surface area contributed by atoms with Gasteiger partial charge in [-0.1, -0.05) is 25.3 Å². The minimum absolute atomic E-state index is 0.159. The zero-order valence-electron chi connectivity index (χ0n) is 19.2. The van der Waals surface area contributed by atoms with Crippen molar-refractivity contribution >= 4 is 6.09 Å². The summed E-state index contributed by atoms with van der Waals surface area (Å²) in [6.45, 7) is 6.69. The molecule has 0 bridgehead atoms. The van der Waals surface area contributed by atoms with Crippen molar-refractivity contribution in [3.8, 4) is 5.75 Å². The predicted octanol–water partition coefficient (Wildman–Crippen LogP) is 5.65. The number of unbranched alkanes of at least 4 members (excludes halogenated alkanes) is 4. The molecule has 0 spiro atoms. The molecule has 1 aromatic rings. The second-order valence-electron chi connectivity index (χ2n) is 8.55. The van der Waals surface area contributed by atoms with E-state index < -0.39 is 6.09 Å². The number of benzene rings is 1. The molecule has 6 heteroatoms. The molecule has 0 atom stereocenters. The maximum absolute atomic E-state index is 13.0. The molecule has 1 amide bonds. The van der Waals surface area contributed by atoms with E-state index in [9.17, 15) is 9.18 Å². The average molecular weight is 435 g/mol. The van der Waals surface area contributed by atoms with E-state index in [0.29, 0.717) is 11.9 Å². The summed E-state index contributed by atoms with van der Waals surface area (Å²) in [5.41, 5.74) is 0. The van der Waals surface area contributed by atoms with Crippen LogP contribution in [-0.2, 0) is 4.74 Å². The fraction of sp³-hybridized carbons (Fsp3) is 0.640. The molecule has 1 aromatic carbocycles. The van der Waals surface area contributed by atoms with Crippen LogP contribution in [0.4, 0.5) is 9.18 Å². The Morgan fingerprint density at radius 1 is 1.06 bits per heavy atom. The fourth-order valence-corrected chi connectivity index (χ4v) is 4.00. The summed E-state index contributed by atoms with van der Waals surface area (Å²) in [6.07, 6.45) is 11.7. The van der Waals surface area contributed by atoms with Crippen LogP contribution in [0.2, 0.25) is 0 Å². The van der Waals surface area contributed by atoms with Gasteiger partial charge >= 0.3 is 6.09 Å². The normalized spacial score (nSPS) is 18.7. The quantitative estimate of drug-likeness (QED) is 0.297. The molecular weight excluding hydrogens is 395 g/mol.